The zero-order chi connectivity index (χ0) is 30.7. The predicted octanol–water partition coefficient (Wildman–Crippen LogP) is 3.83. The van der Waals surface area contributed by atoms with Crippen LogP contribution in [0.4, 0.5) is 5.82 Å². The fraction of sp³-hybridized carbons (Fsp3) is 0.567. The molecule has 0 unspecified atom stereocenters. The van der Waals surface area contributed by atoms with E-state index in [4.69, 9.17) is 26.1 Å². The molecule has 43 heavy (non-hydrogen) atoms. The second-order valence-corrected chi connectivity index (χ2v) is 11.9. The normalized spacial score (nSPS) is 21.8. The number of allylic oxidation sites excluding steroid dienone is 3. The van der Waals surface area contributed by atoms with E-state index in [0.717, 1.165) is 31.3 Å². The standard InChI is InChI=1S/C30H42ClN9O3/c1-20(16-43-17-28-38-29(41)40-39-28)35-22-7-9-23(10-8-22)36-27(33-3)15-24(21(2)31)25-5-4-6-26(37-25)34-19-30(18-32)11-13-42-14-12-30/h4-6,15,20,22-23,35-36H,3,7-14,16-17,19H2,1-2H3,(H,34,37)(H2,38,39,40,41)/b24-21-,27-15+/t20-,22?,23?/m1/s1. The molecule has 0 aromatic carbocycles. The molecule has 2 aliphatic rings. The van der Waals surface area contributed by atoms with E-state index in [9.17, 15) is 10.1 Å². The summed E-state index contributed by atoms with van der Waals surface area (Å²) in [7, 11) is 0. The van der Waals surface area contributed by atoms with Gasteiger partial charge in [0.15, 0.2) is 5.82 Å². The number of nitrogens with one attached hydrogen (secondary N) is 5. The van der Waals surface area contributed by atoms with Gasteiger partial charge in [-0.25, -0.2) is 19.9 Å². The van der Waals surface area contributed by atoms with E-state index in [1.807, 2.05) is 31.2 Å². The Balaban J connectivity index is 1.28. The molecule has 3 heterocycles. The number of hydrogen-bond donors (Lipinski definition) is 5. The van der Waals surface area contributed by atoms with E-state index in [2.05, 4.69) is 55.8 Å². The Kier molecular flexibility index (Phi) is 11.9. The van der Waals surface area contributed by atoms with Crippen LogP contribution in [0.2, 0.25) is 0 Å². The van der Waals surface area contributed by atoms with Crippen molar-refractivity contribution >= 4 is 29.7 Å². The van der Waals surface area contributed by atoms with Crippen molar-refractivity contribution in [3.05, 3.63) is 57.1 Å². The van der Waals surface area contributed by atoms with Gasteiger partial charge < -0.3 is 25.4 Å². The zero-order valence-electron chi connectivity index (χ0n) is 24.9. The van der Waals surface area contributed by atoms with E-state index in [-0.39, 0.29) is 24.4 Å². The van der Waals surface area contributed by atoms with Crippen LogP contribution in [0.15, 0.2) is 44.9 Å². The van der Waals surface area contributed by atoms with Crippen LogP contribution in [0, 0.1) is 16.7 Å². The number of aromatic nitrogens is 4. The summed E-state index contributed by atoms with van der Waals surface area (Å²) >= 11 is 6.55. The van der Waals surface area contributed by atoms with Crippen molar-refractivity contribution in [1.29, 1.82) is 5.26 Å². The molecule has 12 nitrogen and oxygen atoms in total. The van der Waals surface area contributed by atoms with E-state index < -0.39 is 5.41 Å². The van der Waals surface area contributed by atoms with Crippen LogP contribution in [0.5, 0.6) is 0 Å². The van der Waals surface area contributed by atoms with E-state index in [0.29, 0.717) is 73.4 Å². The Morgan fingerprint density at radius 1 is 1.33 bits per heavy atom. The monoisotopic (exact) mass is 611 g/mol. The van der Waals surface area contributed by atoms with Gasteiger partial charge in [-0.05, 0) is 77.3 Å². The quantitative estimate of drug-likeness (QED) is 0.158. The number of H-pyrrole nitrogens is 2. The first-order valence-electron chi connectivity index (χ1n) is 14.8. The van der Waals surface area contributed by atoms with Crippen LogP contribution in [-0.2, 0) is 16.1 Å². The molecular weight excluding hydrogens is 570 g/mol. The van der Waals surface area contributed by atoms with E-state index in [1.165, 1.54) is 0 Å². The van der Waals surface area contributed by atoms with Crippen molar-refractivity contribution < 1.29 is 9.47 Å². The summed E-state index contributed by atoms with van der Waals surface area (Å²) in [6.45, 7) is 10.2. The topological polar surface area (TPSA) is 165 Å². The number of hydrogen-bond acceptors (Lipinski definition) is 10. The van der Waals surface area contributed by atoms with Crippen LogP contribution in [0.3, 0.4) is 0 Å². The number of rotatable bonds is 14. The summed E-state index contributed by atoms with van der Waals surface area (Å²) in [5.74, 6) is 1.82. The maximum Gasteiger partial charge on any atom is 0.340 e. The van der Waals surface area contributed by atoms with Crippen LogP contribution < -0.4 is 21.6 Å². The Morgan fingerprint density at radius 3 is 2.72 bits per heavy atom. The molecule has 0 amide bonds. The Morgan fingerprint density at radius 2 is 2.07 bits per heavy atom. The van der Waals surface area contributed by atoms with Gasteiger partial charge in [0.25, 0.3) is 0 Å². The molecule has 232 valence electrons. The van der Waals surface area contributed by atoms with Crippen molar-refractivity contribution in [3.63, 3.8) is 0 Å². The van der Waals surface area contributed by atoms with Gasteiger partial charge in [-0.2, -0.15) is 10.4 Å². The van der Waals surface area contributed by atoms with Gasteiger partial charge >= 0.3 is 5.69 Å². The number of pyridine rings is 1. The van der Waals surface area contributed by atoms with Crippen LogP contribution in [0.1, 0.15) is 63.9 Å². The van der Waals surface area contributed by atoms with Crippen molar-refractivity contribution in [2.24, 2.45) is 10.4 Å². The van der Waals surface area contributed by atoms with Gasteiger partial charge in [0.2, 0.25) is 0 Å². The van der Waals surface area contributed by atoms with E-state index in [1.54, 1.807) is 0 Å². The predicted molar refractivity (Wildman–Crippen MR) is 168 cm³/mol. The molecule has 1 atom stereocenters. The number of nitrogens with zero attached hydrogens (tertiary/aromatic N) is 4. The molecule has 0 bridgehead atoms. The molecule has 5 N–H and O–H groups in total. The number of aliphatic imine (C=N–C) groups is 1. The SMILES string of the molecule is C=N/C(=C\C(=C(/C)Cl)c1cccc(NCC2(C#N)CCOCC2)n1)NC1CCC(N[C@H](C)COCc2n[nH]c(=O)[nH]2)CC1. The van der Waals surface area contributed by atoms with E-state index >= 15 is 0 Å². The lowest BCUT2D eigenvalue weighted by Crippen LogP contribution is -2.44. The smallest absolute Gasteiger partial charge is 0.340 e. The van der Waals surface area contributed by atoms with Gasteiger partial charge in [0.1, 0.15) is 18.2 Å². The van der Waals surface area contributed by atoms with Crippen molar-refractivity contribution in [3.8, 4) is 6.07 Å². The minimum Gasteiger partial charge on any atom is -0.381 e. The number of anilines is 1. The summed E-state index contributed by atoms with van der Waals surface area (Å²) in [5.41, 5.74) is 0.676. The lowest BCUT2D eigenvalue weighted by atomic mass is 9.82. The minimum absolute atomic E-state index is 0.171. The maximum atomic E-state index is 11.1. The van der Waals surface area contributed by atoms with Gasteiger partial charge in [-0.15, -0.1) is 0 Å². The third-order valence-electron chi connectivity index (χ3n) is 7.90. The average Bonchev–Trinajstić information content (AvgIpc) is 3.44. The van der Waals surface area contributed by atoms with Crippen LogP contribution in [0.25, 0.3) is 5.57 Å². The highest BCUT2D eigenvalue weighted by molar-refractivity contribution is 6.32. The number of aromatic amines is 2. The maximum absolute atomic E-state index is 11.1. The third kappa shape index (κ3) is 9.76. The van der Waals surface area contributed by atoms with Crippen molar-refractivity contribution in [2.45, 2.75) is 77.1 Å². The summed E-state index contributed by atoms with van der Waals surface area (Å²) in [4.78, 5) is 22.7. The molecule has 2 fully saturated rings. The fourth-order valence-corrected chi connectivity index (χ4v) is 5.57. The van der Waals surface area contributed by atoms with Crippen LogP contribution in [-0.4, -0.2) is 71.4 Å². The first-order chi connectivity index (χ1) is 20.8. The second kappa shape index (κ2) is 15.8. The van der Waals surface area contributed by atoms with Crippen molar-refractivity contribution in [1.82, 2.24) is 30.8 Å². The summed E-state index contributed by atoms with van der Waals surface area (Å²) in [6.07, 6.45) is 7.29. The van der Waals surface area contributed by atoms with Gasteiger partial charge in [0, 0.05) is 48.5 Å². The van der Waals surface area contributed by atoms with Gasteiger partial charge in [-0.1, -0.05) is 17.7 Å². The molecule has 1 saturated carbocycles. The molecule has 1 aliphatic heterocycles. The lowest BCUT2D eigenvalue weighted by molar-refractivity contribution is 0.0455. The average molecular weight is 612 g/mol. The first-order valence-corrected chi connectivity index (χ1v) is 15.2. The number of halogens is 1. The largest absolute Gasteiger partial charge is 0.381 e. The third-order valence-corrected chi connectivity index (χ3v) is 8.10. The molecule has 0 radical (unpaired) electrons. The highest BCUT2D eigenvalue weighted by atomic mass is 35.5. The van der Waals surface area contributed by atoms with Crippen LogP contribution >= 0.6 is 11.6 Å². The number of ether oxygens (including phenoxy) is 2. The molecule has 0 spiro atoms. The second-order valence-electron chi connectivity index (χ2n) is 11.3. The summed E-state index contributed by atoms with van der Waals surface area (Å²) in [5, 5.41) is 27.1. The molecule has 1 saturated heterocycles. The zero-order valence-corrected chi connectivity index (χ0v) is 25.7. The highest BCUT2D eigenvalue weighted by Crippen LogP contribution is 2.30. The lowest BCUT2D eigenvalue weighted by Gasteiger charge is -2.32. The summed E-state index contributed by atoms with van der Waals surface area (Å²) < 4.78 is 11.1. The Bertz CT molecular complexity index is 1360. The fourth-order valence-electron chi connectivity index (χ4n) is 5.42. The molecular formula is C30H42ClN9O3. The molecule has 2 aromatic heterocycles. The highest BCUT2D eigenvalue weighted by Gasteiger charge is 2.32. The number of nitriles is 1. The van der Waals surface area contributed by atoms with Gasteiger partial charge in [0.05, 0.1) is 23.8 Å². The first kappa shape index (κ1) is 32.4. The molecule has 4 rings (SSSR count). The summed E-state index contributed by atoms with van der Waals surface area (Å²) in [6, 6.07) is 9.04. The van der Waals surface area contributed by atoms with Crippen molar-refractivity contribution in [2.75, 3.05) is 31.7 Å². The molecule has 2 aromatic rings. The van der Waals surface area contributed by atoms with Gasteiger partial charge in [-0.3, -0.25) is 4.98 Å². The molecule has 1 aliphatic carbocycles. The Labute approximate surface area is 257 Å². The molecule has 13 heteroatoms. The Hall–Kier alpha value is -3.50. The minimum atomic E-state index is -0.454.